The predicted molar refractivity (Wildman–Crippen MR) is 78.5 cm³/mol. The van der Waals surface area contributed by atoms with Crippen LogP contribution >= 0.6 is 9.24 Å². The molecule has 2 atom stereocenters. The van der Waals surface area contributed by atoms with Crippen molar-refractivity contribution in [2.45, 2.75) is 38.8 Å². The normalized spacial score (nSPS) is 12.9. The molecule has 17 heavy (non-hydrogen) atoms. The van der Waals surface area contributed by atoms with Crippen LogP contribution in [0.3, 0.4) is 0 Å². The molecule has 0 aliphatic carbocycles. The summed E-state index contributed by atoms with van der Waals surface area (Å²) in [5.74, 6) is 0. The second-order valence-electron chi connectivity index (χ2n) is 4.61. The van der Waals surface area contributed by atoms with Gasteiger partial charge in [0.25, 0.3) is 0 Å². The van der Waals surface area contributed by atoms with Gasteiger partial charge in [-0.3, -0.25) is 4.98 Å². The van der Waals surface area contributed by atoms with Gasteiger partial charge >= 0.3 is 0 Å². The zero-order chi connectivity index (χ0) is 12.3. The summed E-state index contributed by atoms with van der Waals surface area (Å²) < 4.78 is 0. The van der Waals surface area contributed by atoms with Crippen LogP contribution in [0.25, 0.3) is 10.9 Å². The van der Waals surface area contributed by atoms with Crippen LogP contribution in [0, 0.1) is 0 Å². The van der Waals surface area contributed by atoms with E-state index in [0.717, 1.165) is 6.42 Å². The average Bonchev–Trinajstić information content (AvgIpc) is 2.35. The fourth-order valence-corrected chi connectivity index (χ4v) is 2.52. The van der Waals surface area contributed by atoms with Crippen LogP contribution in [0.1, 0.15) is 43.5 Å². The number of aryl methyl sites for hydroxylation is 1. The fourth-order valence-electron chi connectivity index (χ4n) is 2.22. The Hall–Kier alpha value is -0.940. The van der Waals surface area contributed by atoms with Crippen molar-refractivity contribution in [2.75, 3.05) is 0 Å². The van der Waals surface area contributed by atoms with Crippen molar-refractivity contribution in [3.05, 3.63) is 41.6 Å². The van der Waals surface area contributed by atoms with Crippen molar-refractivity contribution in [1.29, 1.82) is 0 Å². The first-order valence-corrected chi connectivity index (χ1v) is 7.02. The molecule has 2 heteroatoms. The number of hydrogen-bond donors (Lipinski definition) is 0. The minimum atomic E-state index is 0.474. The molecule has 0 aliphatic heterocycles. The van der Waals surface area contributed by atoms with Gasteiger partial charge in [0.05, 0.1) is 5.52 Å². The third-order valence-electron chi connectivity index (χ3n) is 3.18. The zero-order valence-electron chi connectivity index (χ0n) is 10.6. The highest BCUT2D eigenvalue weighted by Gasteiger charge is 2.08. The summed E-state index contributed by atoms with van der Waals surface area (Å²) in [6, 6.07) is 8.69. The van der Waals surface area contributed by atoms with E-state index in [-0.39, 0.29) is 0 Å². The quantitative estimate of drug-likeness (QED) is 0.722. The molecule has 0 spiro atoms. The molecule has 2 unspecified atom stereocenters. The van der Waals surface area contributed by atoms with Gasteiger partial charge in [-0.1, -0.05) is 38.5 Å². The van der Waals surface area contributed by atoms with Crippen LogP contribution in [-0.4, -0.2) is 4.98 Å². The summed E-state index contributed by atoms with van der Waals surface area (Å²) in [6.07, 6.45) is 5.54. The molecule has 0 amide bonds. The van der Waals surface area contributed by atoms with Crippen LogP contribution < -0.4 is 0 Å². The second kappa shape index (κ2) is 5.60. The van der Waals surface area contributed by atoms with Crippen LogP contribution in [0.15, 0.2) is 30.5 Å². The van der Waals surface area contributed by atoms with Gasteiger partial charge in [0, 0.05) is 11.6 Å². The highest BCUT2D eigenvalue weighted by Crippen LogP contribution is 2.30. The third kappa shape index (κ3) is 2.66. The fraction of sp³-hybridized carbons (Fsp3) is 0.400. The number of unbranched alkanes of at least 4 members (excludes halogenated alkanes) is 1. The van der Waals surface area contributed by atoms with E-state index in [1.807, 2.05) is 6.20 Å². The van der Waals surface area contributed by atoms with Gasteiger partial charge < -0.3 is 0 Å². The molecule has 90 valence electrons. The SMILES string of the molecule is CCCCc1cccc2c(C(C)P)ccnc12. The van der Waals surface area contributed by atoms with E-state index in [9.17, 15) is 0 Å². The summed E-state index contributed by atoms with van der Waals surface area (Å²) >= 11 is 0. The predicted octanol–water partition coefficient (Wildman–Crippen LogP) is 4.51. The Balaban J connectivity index is 2.53. The van der Waals surface area contributed by atoms with E-state index in [4.69, 9.17) is 0 Å². The summed E-state index contributed by atoms with van der Waals surface area (Å²) in [6.45, 7) is 4.44. The van der Waals surface area contributed by atoms with E-state index in [0.29, 0.717) is 5.66 Å². The number of aromatic nitrogens is 1. The number of hydrogen-bond acceptors (Lipinski definition) is 1. The van der Waals surface area contributed by atoms with Gasteiger partial charge in [-0.05, 0) is 35.7 Å². The Morgan fingerprint density at radius 2 is 2.12 bits per heavy atom. The summed E-state index contributed by atoms with van der Waals surface area (Å²) in [4.78, 5) is 4.57. The topological polar surface area (TPSA) is 12.9 Å². The molecule has 1 heterocycles. The molecule has 1 nitrogen and oxygen atoms in total. The first-order chi connectivity index (χ1) is 8.24. The Kier molecular flexibility index (Phi) is 4.12. The van der Waals surface area contributed by atoms with Crippen molar-refractivity contribution < 1.29 is 0 Å². The van der Waals surface area contributed by atoms with E-state index in [1.165, 1.54) is 34.9 Å². The third-order valence-corrected chi connectivity index (χ3v) is 3.54. The maximum atomic E-state index is 4.57. The summed E-state index contributed by atoms with van der Waals surface area (Å²) in [5.41, 5.74) is 4.42. The molecule has 0 saturated heterocycles. The van der Waals surface area contributed by atoms with Crippen LogP contribution in [0.5, 0.6) is 0 Å². The number of pyridine rings is 1. The lowest BCUT2D eigenvalue weighted by Gasteiger charge is -2.11. The van der Waals surface area contributed by atoms with Gasteiger partial charge in [0.1, 0.15) is 0 Å². The number of rotatable bonds is 4. The zero-order valence-corrected chi connectivity index (χ0v) is 11.8. The lowest BCUT2D eigenvalue weighted by Crippen LogP contribution is -1.93. The first-order valence-electron chi connectivity index (χ1n) is 6.36. The van der Waals surface area contributed by atoms with Gasteiger partial charge in [-0.2, -0.15) is 0 Å². The molecule has 2 rings (SSSR count). The van der Waals surface area contributed by atoms with E-state index in [2.05, 4.69) is 52.3 Å². The Morgan fingerprint density at radius 1 is 1.29 bits per heavy atom. The summed E-state index contributed by atoms with van der Waals surface area (Å²) in [5, 5.41) is 1.31. The molecule has 0 bridgehead atoms. The van der Waals surface area contributed by atoms with Crippen LogP contribution in [0.2, 0.25) is 0 Å². The second-order valence-corrected chi connectivity index (χ2v) is 5.61. The minimum Gasteiger partial charge on any atom is -0.256 e. The molecule has 0 radical (unpaired) electrons. The maximum Gasteiger partial charge on any atom is 0.0736 e. The van der Waals surface area contributed by atoms with Gasteiger partial charge in [-0.25, -0.2) is 0 Å². The lowest BCUT2D eigenvalue weighted by molar-refractivity contribution is 0.797. The van der Waals surface area contributed by atoms with Crippen molar-refractivity contribution in [2.24, 2.45) is 0 Å². The van der Waals surface area contributed by atoms with Crippen molar-refractivity contribution in [1.82, 2.24) is 4.98 Å². The number of para-hydroxylation sites is 1. The molecular weight excluding hydrogens is 225 g/mol. The molecule has 0 saturated carbocycles. The van der Waals surface area contributed by atoms with Crippen LogP contribution in [0.4, 0.5) is 0 Å². The molecule has 2 aromatic rings. The average molecular weight is 245 g/mol. The van der Waals surface area contributed by atoms with Gasteiger partial charge in [-0.15, -0.1) is 9.24 Å². The molecule has 0 aliphatic rings. The largest absolute Gasteiger partial charge is 0.256 e. The number of benzene rings is 1. The van der Waals surface area contributed by atoms with Crippen molar-refractivity contribution >= 4 is 20.1 Å². The molecule has 1 aromatic carbocycles. The number of nitrogens with zero attached hydrogens (tertiary/aromatic N) is 1. The van der Waals surface area contributed by atoms with Crippen molar-refractivity contribution in [3.63, 3.8) is 0 Å². The Labute approximate surface area is 106 Å². The Bertz CT molecular complexity index is 505. The summed E-state index contributed by atoms with van der Waals surface area (Å²) in [7, 11) is 2.87. The van der Waals surface area contributed by atoms with E-state index >= 15 is 0 Å². The minimum absolute atomic E-state index is 0.474. The molecule has 0 N–H and O–H groups in total. The standard InChI is InChI=1S/C15H20NP/c1-3-4-6-12-7-5-8-14-13(11(2)17)9-10-16-15(12)14/h5,7-11H,3-4,6,17H2,1-2H3. The van der Waals surface area contributed by atoms with E-state index in [1.54, 1.807) is 0 Å². The molecular formula is C15H20NP. The lowest BCUT2D eigenvalue weighted by atomic mass is 10.0. The van der Waals surface area contributed by atoms with Gasteiger partial charge in [0.15, 0.2) is 0 Å². The first kappa shape index (κ1) is 12.5. The molecule has 1 aromatic heterocycles. The number of fused-ring (bicyclic) bond motifs is 1. The molecule has 0 fully saturated rings. The van der Waals surface area contributed by atoms with Crippen molar-refractivity contribution in [3.8, 4) is 0 Å². The monoisotopic (exact) mass is 245 g/mol. The van der Waals surface area contributed by atoms with E-state index < -0.39 is 0 Å². The highest BCUT2D eigenvalue weighted by atomic mass is 31.0. The highest BCUT2D eigenvalue weighted by molar-refractivity contribution is 7.17. The smallest absolute Gasteiger partial charge is 0.0736 e. The van der Waals surface area contributed by atoms with Crippen LogP contribution in [-0.2, 0) is 6.42 Å². The van der Waals surface area contributed by atoms with Gasteiger partial charge in [0.2, 0.25) is 0 Å². The Morgan fingerprint density at radius 3 is 2.82 bits per heavy atom. The maximum absolute atomic E-state index is 4.57.